The molecule has 2 aromatic carbocycles. The van der Waals surface area contributed by atoms with Crippen molar-refractivity contribution in [2.24, 2.45) is 0 Å². The quantitative estimate of drug-likeness (QED) is 0.699. The van der Waals surface area contributed by atoms with Crippen molar-refractivity contribution >= 4 is 21.7 Å². The van der Waals surface area contributed by atoms with Crippen LogP contribution in [0, 0.1) is 0 Å². The maximum absolute atomic E-state index is 12.6. The van der Waals surface area contributed by atoms with E-state index in [0.717, 1.165) is 5.56 Å². The molecule has 1 atom stereocenters. The standard InChI is InChI=1S/C22H27NO5S/c1-22(2,3)17-12-10-16(11-13-17)20(24)23-19(21(25)28-4)14-15-29(26,27)18-8-6-5-7-9-18/h5-13,19H,14-15H2,1-4H3,(H,23,24)/t19-/m1/s1. The van der Waals surface area contributed by atoms with Crippen LogP contribution < -0.4 is 5.32 Å². The van der Waals surface area contributed by atoms with E-state index in [4.69, 9.17) is 4.74 Å². The highest BCUT2D eigenvalue weighted by atomic mass is 32.2. The van der Waals surface area contributed by atoms with Crippen LogP contribution in [0.4, 0.5) is 0 Å². The van der Waals surface area contributed by atoms with Gasteiger partial charge in [-0.15, -0.1) is 0 Å². The van der Waals surface area contributed by atoms with E-state index in [9.17, 15) is 18.0 Å². The van der Waals surface area contributed by atoms with Gasteiger partial charge >= 0.3 is 5.97 Å². The zero-order valence-corrected chi connectivity index (χ0v) is 18.0. The molecule has 1 amide bonds. The maximum Gasteiger partial charge on any atom is 0.328 e. The molecule has 2 aromatic rings. The Morgan fingerprint density at radius 3 is 2.10 bits per heavy atom. The number of nitrogens with one attached hydrogen (secondary N) is 1. The third-order valence-electron chi connectivity index (χ3n) is 4.58. The molecule has 0 unspecified atom stereocenters. The highest BCUT2D eigenvalue weighted by Gasteiger charge is 2.25. The van der Waals surface area contributed by atoms with E-state index in [1.54, 1.807) is 30.3 Å². The molecule has 0 radical (unpaired) electrons. The Morgan fingerprint density at radius 2 is 1.59 bits per heavy atom. The SMILES string of the molecule is COC(=O)[C@@H](CCS(=O)(=O)c1ccccc1)NC(=O)c1ccc(C(C)(C)C)cc1. The van der Waals surface area contributed by atoms with E-state index in [-0.39, 0.29) is 22.5 Å². The summed E-state index contributed by atoms with van der Waals surface area (Å²) >= 11 is 0. The molecule has 29 heavy (non-hydrogen) atoms. The van der Waals surface area contributed by atoms with Crippen LogP contribution in [0.5, 0.6) is 0 Å². The summed E-state index contributed by atoms with van der Waals surface area (Å²) in [6.07, 6.45) is -0.0876. The number of ether oxygens (including phenoxy) is 1. The predicted octanol–water partition coefficient (Wildman–Crippen LogP) is 3.12. The monoisotopic (exact) mass is 417 g/mol. The minimum Gasteiger partial charge on any atom is -0.467 e. The first kappa shape index (κ1) is 22.6. The summed E-state index contributed by atoms with van der Waals surface area (Å²) in [5, 5.41) is 2.59. The normalized spacial score (nSPS) is 12.8. The van der Waals surface area contributed by atoms with Gasteiger partial charge in [-0.3, -0.25) is 4.79 Å². The van der Waals surface area contributed by atoms with E-state index in [1.807, 2.05) is 12.1 Å². The molecule has 0 bridgehead atoms. The lowest BCUT2D eigenvalue weighted by Crippen LogP contribution is -2.42. The third kappa shape index (κ3) is 6.15. The van der Waals surface area contributed by atoms with Crippen LogP contribution >= 0.6 is 0 Å². The van der Waals surface area contributed by atoms with Crippen LogP contribution in [-0.4, -0.2) is 39.2 Å². The summed E-state index contributed by atoms with van der Waals surface area (Å²) in [6, 6.07) is 14.0. The third-order valence-corrected chi connectivity index (χ3v) is 6.35. The lowest BCUT2D eigenvalue weighted by molar-refractivity contribution is -0.142. The average molecular weight is 418 g/mol. The van der Waals surface area contributed by atoms with Gasteiger partial charge in [0.05, 0.1) is 17.8 Å². The van der Waals surface area contributed by atoms with E-state index in [1.165, 1.54) is 19.2 Å². The lowest BCUT2D eigenvalue weighted by atomic mass is 9.86. The molecule has 0 aliphatic heterocycles. The molecular weight excluding hydrogens is 390 g/mol. The minimum absolute atomic E-state index is 0.0463. The van der Waals surface area contributed by atoms with Crippen molar-refractivity contribution in [1.29, 1.82) is 0 Å². The van der Waals surface area contributed by atoms with E-state index in [0.29, 0.717) is 5.56 Å². The number of amides is 1. The van der Waals surface area contributed by atoms with Crippen molar-refractivity contribution < 1.29 is 22.7 Å². The molecule has 7 heteroatoms. The highest BCUT2D eigenvalue weighted by Crippen LogP contribution is 2.22. The Morgan fingerprint density at radius 1 is 1.00 bits per heavy atom. The predicted molar refractivity (Wildman–Crippen MR) is 112 cm³/mol. The molecule has 0 aliphatic rings. The molecule has 0 aliphatic carbocycles. The van der Waals surface area contributed by atoms with Gasteiger partial charge in [0.15, 0.2) is 9.84 Å². The summed E-state index contributed by atoms with van der Waals surface area (Å²) in [5.74, 6) is -1.44. The second kappa shape index (κ2) is 9.22. The molecular formula is C22H27NO5S. The number of carbonyl (C=O) groups excluding carboxylic acids is 2. The van der Waals surface area contributed by atoms with Gasteiger partial charge in [0.1, 0.15) is 6.04 Å². The fraction of sp³-hybridized carbons (Fsp3) is 0.364. The number of carbonyl (C=O) groups is 2. The van der Waals surface area contributed by atoms with Crippen LogP contribution in [0.3, 0.4) is 0 Å². The molecule has 0 aromatic heterocycles. The molecule has 156 valence electrons. The van der Waals surface area contributed by atoms with Crippen LogP contribution in [0.2, 0.25) is 0 Å². The van der Waals surface area contributed by atoms with Gasteiger partial charge in [0.2, 0.25) is 0 Å². The van der Waals surface area contributed by atoms with Crippen molar-refractivity contribution in [1.82, 2.24) is 5.32 Å². The van der Waals surface area contributed by atoms with Crippen molar-refractivity contribution in [2.45, 2.75) is 43.5 Å². The van der Waals surface area contributed by atoms with Gasteiger partial charge in [-0.1, -0.05) is 51.1 Å². The number of hydrogen-bond acceptors (Lipinski definition) is 5. The van der Waals surface area contributed by atoms with E-state index in [2.05, 4.69) is 26.1 Å². The van der Waals surface area contributed by atoms with Gasteiger partial charge in [0.25, 0.3) is 5.91 Å². The van der Waals surface area contributed by atoms with Crippen LogP contribution in [0.15, 0.2) is 59.5 Å². The number of sulfone groups is 1. The van der Waals surface area contributed by atoms with Crippen molar-refractivity contribution in [3.63, 3.8) is 0 Å². The smallest absolute Gasteiger partial charge is 0.328 e. The van der Waals surface area contributed by atoms with E-state index >= 15 is 0 Å². The lowest BCUT2D eigenvalue weighted by Gasteiger charge is -2.20. The summed E-state index contributed by atoms with van der Waals surface area (Å²) in [5.41, 5.74) is 1.42. The molecule has 0 spiro atoms. The molecule has 0 saturated heterocycles. The molecule has 2 rings (SSSR count). The Labute approximate surface area is 172 Å². The van der Waals surface area contributed by atoms with Crippen molar-refractivity contribution in [2.75, 3.05) is 12.9 Å². The van der Waals surface area contributed by atoms with Crippen LogP contribution in [0.25, 0.3) is 0 Å². The molecule has 0 heterocycles. The zero-order chi connectivity index (χ0) is 21.7. The van der Waals surface area contributed by atoms with Gasteiger partial charge in [-0.25, -0.2) is 13.2 Å². The summed E-state index contributed by atoms with van der Waals surface area (Å²) < 4.78 is 29.7. The zero-order valence-electron chi connectivity index (χ0n) is 17.1. The second-order valence-electron chi connectivity index (χ2n) is 7.80. The first-order valence-electron chi connectivity index (χ1n) is 9.31. The highest BCUT2D eigenvalue weighted by molar-refractivity contribution is 7.91. The summed E-state index contributed by atoms with van der Waals surface area (Å²) in [7, 11) is -2.38. The number of hydrogen-bond donors (Lipinski definition) is 1. The van der Waals surface area contributed by atoms with Crippen LogP contribution in [-0.2, 0) is 24.8 Å². The maximum atomic E-state index is 12.6. The first-order chi connectivity index (χ1) is 13.5. The van der Waals surface area contributed by atoms with Gasteiger partial charge in [-0.2, -0.15) is 0 Å². The Kier molecular flexibility index (Phi) is 7.19. The Hall–Kier alpha value is -2.67. The Balaban J connectivity index is 2.10. The van der Waals surface area contributed by atoms with Gasteiger partial charge in [-0.05, 0) is 41.7 Å². The molecule has 1 N–H and O–H groups in total. The first-order valence-corrected chi connectivity index (χ1v) is 11.0. The fourth-order valence-electron chi connectivity index (χ4n) is 2.77. The topological polar surface area (TPSA) is 89.5 Å². The minimum atomic E-state index is -3.58. The largest absolute Gasteiger partial charge is 0.467 e. The Bertz CT molecular complexity index is 945. The summed E-state index contributed by atoms with van der Waals surface area (Å²) in [6.45, 7) is 6.22. The number of benzene rings is 2. The van der Waals surface area contributed by atoms with Gasteiger partial charge < -0.3 is 10.1 Å². The average Bonchev–Trinajstić information content (AvgIpc) is 2.70. The number of rotatable bonds is 7. The summed E-state index contributed by atoms with van der Waals surface area (Å²) in [4.78, 5) is 24.8. The number of esters is 1. The van der Waals surface area contributed by atoms with E-state index < -0.39 is 27.8 Å². The molecule has 6 nitrogen and oxygen atoms in total. The van der Waals surface area contributed by atoms with Gasteiger partial charge in [0, 0.05) is 5.56 Å². The fourth-order valence-corrected chi connectivity index (χ4v) is 4.13. The van der Waals surface area contributed by atoms with Crippen molar-refractivity contribution in [3.8, 4) is 0 Å². The second-order valence-corrected chi connectivity index (χ2v) is 9.91. The molecule has 0 saturated carbocycles. The number of methoxy groups -OCH3 is 1. The molecule has 0 fully saturated rings. The van der Waals surface area contributed by atoms with Crippen molar-refractivity contribution in [3.05, 3.63) is 65.7 Å². The van der Waals surface area contributed by atoms with Crippen LogP contribution in [0.1, 0.15) is 43.1 Å².